The number of hydrogen-bond acceptors (Lipinski definition) is 5. The van der Waals surface area contributed by atoms with Crippen molar-refractivity contribution in [2.45, 2.75) is 6.61 Å². The fraction of sp³-hybridized carbons (Fsp3) is 0.158. The molecular formula is C19H18N2O3S. The lowest BCUT2D eigenvalue weighted by atomic mass is 10.2. The van der Waals surface area contributed by atoms with E-state index in [9.17, 15) is 9.59 Å². The topological polar surface area (TPSA) is 72.6 Å². The van der Waals surface area contributed by atoms with Gasteiger partial charge in [0.25, 0.3) is 11.1 Å². The lowest BCUT2D eigenvalue weighted by Gasteiger charge is -2.09. The first-order valence-electron chi connectivity index (χ1n) is 7.89. The molecule has 0 aliphatic carbocycles. The van der Waals surface area contributed by atoms with Crippen LogP contribution < -0.4 is 10.5 Å². The maximum absolute atomic E-state index is 12.2. The summed E-state index contributed by atoms with van der Waals surface area (Å²) in [4.78, 5) is 25.6. The van der Waals surface area contributed by atoms with E-state index < -0.39 is 0 Å². The average Bonchev–Trinajstić information content (AvgIpc) is 2.90. The molecule has 0 saturated carbocycles. The van der Waals surface area contributed by atoms with Crippen molar-refractivity contribution >= 4 is 29.0 Å². The van der Waals surface area contributed by atoms with Gasteiger partial charge in [0.05, 0.1) is 4.91 Å². The third-order valence-corrected chi connectivity index (χ3v) is 4.56. The van der Waals surface area contributed by atoms with Crippen LogP contribution in [0.25, 0.3) is 6.08 Å². The Morgan fingerprint density at radius 2 is 1.76 bits per heavy atom. The van der Waals surface area contributed by atoms with Crippen LogP contribution in [0.2, 0.25) is 0 Å². The first kappa shape index (κ1) is 17.3. The van der Waals surface area contributed by atoms with Gasteiger partial charge in [-0.2, -0.15) is 0 Å². The zero-order valence-electron chi connectivity index (χ0n) is 13.6. The van der Waals surface area contributed by atoms with E-state index in [0.29, 0.717) is 11.5 Å². The zero-order chi connectivity index (χ0) is 17.6. The van der Waals surface area contributed by atoms with Crippen molar-refractivity contribution in [1.29, 1.82) is 0 Å². The van der Waals surface area contributed by atoms with E-state index in [1.165, 1.54) is 4.90 Å². The van der Waals surface area contributed by atoms with Crippen LogP contribution in [0.3, 0.4) is 0 Å². The predicted molar refractivity (Wildman–Crippen MR) is 98.9 cm³/mol. The first-order valence-corrected chi connectivity index (χ1v) is 8.71. The summed E-state index contributed by atoms with van der Waals surface area (Å²) in [6, 6.07) is 17.3. The van der Waals surface area contributed by atoms with E-state index in [1.54, 1.807) is 6.08 Å². The summed E-state index contributed by atoms with van der Waals surface area (Å²) in [5.41, 5.74) is 7.36. The Labute approximate surface area is 150 Å². The van der Waals surface area contributed by atoms with Gasteiger partial charge in [-0.1, -0.05) is 42.5 Å². The minimum absolute atomic E-state index is 0.244. The minimum Gasteiger partial charge on any atom is -0.489 e. The van der Waals surface area contributed by atoms with Crippen LogP contribution in [0, 0.1) is 0 Å². The molecule has 1 saturated heterocycles. The molecule has 2 aromatic carbocycles. The number of ether oxygens (including phenoxy) is 1. The largest absolute Gasteiger partial charge is 0.489 e. The highest BCUT2D eigenvalue weighted by Gasteiger charge is 2.34. The van der Waals surface area contributed by atoms with Crippen molar-refractivity contribution in [2.75, 3.05) is 13.1 Å². The lowest BCUT2D eigenvalue weighted by molar-refractivity contribution is -0.122. The Morgan fingerprint density at radius 3 is 2.44 bits per heavy atom. The molecule has 0 aromatic heterocycles. The van der Waals surface area contributed by atoms with Gasteiger partial charge in [-0.3, -0.25) is 14.5 Å². The smallest absolute Gasteiger partial charge is 0.293 e. The van der Waals surface area contributed by atoms with Crippen molar-refractivity contribution in [1.82, 2.24) is 4.90 Å². The van der Waals surface area contributed by atoms with Gasteiger partial charge in [-0.15, -0.1) is 0 Å². The summed E-state index contributed by atoms with van der Waals surface area (Å²) in [5.74, 6) is 0.460. The number of imide groups is 1. The molecule has 0 spiro atoms. The van der Waals surface area contributed by atoms with Crippen molar-refractivity contribution < 1.29 is 14.3 Å². The van der Waals surface area contributed by atoms with E-state index in [4.69, 9.17) is 10.5 Å². The summed E-state index contributed by atoms with van der Waals surface area (Å²) in [5, 5.41) is -0.274. The molecular weight excluding hydrogens is 336 g/mol. The number of nitrogens with zero attached hydrogens (tertiary/aromatic N) is 1. The molecule has 0 atom stereocenters. The van der Waals surface area contributed by atoms with Gasteiger partial charge in [0.15, 0.2) is 0 Å². The normalized spacial score (nSPS) is 15.9. The van der Waals surface area contributed by atoms with E-state index in [1.807, 2.05) is 54.6 Å². The SMILES string of the molecule is NCCN1C(=O)S/C(=C/c2ccc(OCc3ccccc3)cc2)C1=O. The molecule has 1 aliphatic rings. The fourth-order valence-corrected chi connectivity index (χ4v) is 3.24. The Balaban J connectivity index is 1.64. The van der Waals surface area contributed by atoms with Crippen LogP contribution in [0.1, 0.15) is 11.1 Å². The van der Waals surface area contributed by atoms with Gasteiger partial charge < -0.3 is 10.5 Å². The quantitative estimate of drug-likeness (QED) is 0.806. The maximum atomic E-state index is 12.2. The highest BCUT2D eigenvalue weighted by atomic mass is 32.2. The third kappa shape index (κ3) is 4.29. The monoisotopic (exact) mass is 354 g/mol. The Hall–Kier alpha value is -2.57. The number of nitrogens with two attached hydrogens (primary N) is 1. The van der Waals surface area contributed by atoms with Gasteiger partial charge in [0.1, 0.15) is 12.4 Å². The van der Waals surface area contributed by atoms with Crippen molar-refractivity contribution in [3.8, 4) is 5.75 Å². The molecule has 2 N–H and O–H groups in total. The molecule has 1 heterocycles. The fourth-order valence-electron chi connectivity index (χ4n) is 2.37. The number of benzene rings is 2. The van der Waals surface area contributed by atoms with Crippen LogP contribution in [-0.2, 0) is 11.4 Å². The molecule has 25 heavy (non-hydrogen) atoms. The van der Waals surface area contributed by atoms with Crippen LogP contribution >= 0.6 is 11.8 Å². The highest BCUT2D eigenvalue weighted by molar-refractivity contribution is 8.18. The van der Waals surface area contributed by atoms with Crippen molar-refractivity contribution in [3.05, 3.63) is 70.6 Å². The van der Waals surface area contributed by atoms with E-state index in [-0.39, 0.29) is 24.2 Å². The minimum atomic E-state index is -0.287. The maximum Gasteiger partial charge on any atom is 0.293 e. The summed E-state index contributed by atoms with van der Waals surface area (Å²) in [6.45, 7) is 1.01. The number of carbonyl (C=O) groups is 2. The third-order valence-electron chi connectivity index (χ3n) is 3.65. The zero-order valence-corrected chi connectivity index (χ0v) is 14.4. The molecule has 5 nitrogen and oxygen atoms in total. The van der Waals surface area contributed by atoms with Crippen LogP contribution in [0.4, 0.5) is 4.79 Å². The number of thioether (sulfide) groups is 1. The number of amides is 2. The Morgan fingerprint density at radius 1 is 1.04 bits per heavy atom. The Kier molecular flexibility index (Phi) is 5.53. The summed E-state index contributed by atoms with van der Waals surface area (Å²) >= 11 is 0.940. The standard InChI is InChI=1S/C19H18N2O3S/c20-10-11-21-18(22)17(25-19(21)23)12-14-6-8-16(9-7-14)24-13-15-4-2-1-3-5-15/h1-9,12H,10-11,13,20H2/b17-12+. The number of carbonyl (C=O) groups excluding carboxylic acids is 2. The first-order chi connectivity index (χ1) is 12.2. The molecule has 6 heteroatoms. The van der Waals surface area contributed by atoms with Gasteiger partial charge in [-0.05, 0) is 41.1 Å². The van der Waals surface area contributed by atoms with E-state index >= 15 is 0 Å². The van der Waals surface area contributed by atoms with Gasteiger partial charge in [-0.25, -0.2) is 0 Å². The number of hydrogen-bond donors (Lipinski definition) is 1. The van der Waals surface area contributed by atoms with E-state index in [2.05, 4.69) is 0 Å². The highest BCUT2D eigenvalue weighted by Crippen LogP contribution is 2.32. The molecule has 1 aliphatic heterocycles. The summed E-state index contributed by atoms with van der Waals surface area (Å²) in [7, 11) is 0. The van der Waals surface area contributed by atoms with Gasteiger partial charge in [0.2, 0.25) is 0 Å². The molecule has 2 aromatic rings. The molecule has 3 rings (SSSR count). The Bertz CT molecular complexity index is 788. The van der Waals surface area contributed by atoms with Crippen LogP contribution in [0.15, 0.2) is 59.5 Å². The summed E-state index contributed by atoms with van der Waals surface area (Å²) < 4.78 is 5.74. The van der Waals surface area contributed by atoms with Crippen LogP contribution in [0.5, 0.6) is 5.75 Å². The van der Waals surface area contributed by atoms with Crippen molar-refractivity contribution in [3.63, 3.8) is 0 Å². The second kappa shape index (κ2) is 8.00. The van der Waals surface area contributed by atoms with Crippen molar-refractivity contribution in [2.24, 2.45) is 5.73 Å². The molecule has 0 unspecified atom stereocenters. The molecule has 0 bridgehead atoms. The second-order valence-electron chi connectivity index (χ2n) is 5.47. The predicted octanol–water partition coefficient (Wildman–Crippen LogP) is 3.26. The van der Waals surface area contributed by atoms with Gasteiger partial charge in [0, 0.05) is 13.1 Å². The van der Waals surface area contributed by atoms with Crippen LogP contribution in [-0.4, -0.2) is 29.1 Å². The molecule has 128 valence electrons. The van der Waals surface area contributed by atoms with E-state index in [0.717, 1.165) is 28.6 Å². The molecule has 1 fully saturated rings. The number of rotatable bonds is 6. The van der Waals surface area contributed by atoms with Gasteiger partial charge >= 0.3 is 0 Å². The molecule has 0 radical (unpaired) electrons. The second-order valence-corrected chi connectivity index (χ2v) is 6.46. The summed E-state index contributed by atoms with van der Waals surface area (Å²) in [6.07, 6.45) is 1.71. The molecule has 2 amide bonds. The average molecular weight is 354 g/mol. The lowest BCUT2D eigenvalue weighted by Crippen LogP contribution is -2.33.